The molecule has 1 fully saturated rings. The van der Waals surface area contributed by atoms with E-state index in [0.717, 1.165) is 41.0 Å². The van der Waals surface area contributed by atoms with E-state index in [1.807, 2.05) is 54.7 Å². The lowest BCUT2D eigenvalue weighted by atomic mass is 9.98. The zero-order chi connectivity index (χ0) is 19.3. The molecule has 0 bridgehead atoms. The SMILES string of the molecule is COc1ccc(/C(=C/n2cc[nH]c2=O)c2ccccc2)cc1OC1CCCC1. The standard InChI is InChI=1S/C23H24N2O3/c1-27-21-12-11-18(15-22(21)28-19-9-5-6-10-19)20(17-7-3-2-4-8-17)16-25-14-13-24-23(25)26/h2-4,7-8,11-16,19H,5-6,9-10H2,1H3,(H,24,26)/b20-16+. The van der Waals surface area contributed by atoms with Crippen LogP contribution in [0.25, 0.3) is 11.8 Å². The Balaban J connectivity index is 1.78. The Labute approximate surface area is 164 Å². The fourth-order valence-electron chi connectivity index (χ4n) is 3.63. The second-order valence-electron chi connectivity index (χ2n) is 6.97. The normalized spacial score (nSPS) is 15.0. The largest absolute Gasteiger partial charge is 0.493 e. The first kappa shape index (κ1) is 18.2. The highest BCUT2D eigenvalue weighted by molar-refractivity contribution is 5.88. The van der Waals surface area contributed by atoms with Gasteiger partial charge in [-0.1, -0.05) is 36.4 Å². The van der Waals surface area contributed by atoms with Crippen molar-refractivity contribution in [2.24, 2.45) is 0 Å². The minimum Gasteiger partial charge on any atom is -0.493 e. The number of imidazole rings is 1. The molecule has 0 saturated heterocycles. The fraction of sp³-hybridized carbons (Fsp3) is 0.261. The van der Waals surface area contributed by atoms with Gasteiger partial charge in [0.2, 0.25) is 0 Å². The van der Waals surface area contributed by atoms with E-state index in [1.54, 1.807) is 24.1 Å². The van der Waals surface area contributed by atoms with Crippen LogP contribution in [-0.2, 0) is 0 Å². The van der Waals surface area contributed by atoms with Gasteiger partial charge in [-0.15, -0.1) is 0 Å². The van der Waals surface area contributed by atoms with Crippen molar-refractivity contribution >= 4 is 11.8 Å². The molecule has 0 amide bonds. The average molecular weight is 376 g/mol. The molecule has 1 aliphatic rings. The molecule has 1 N–H and O–H groups in total. The Morgan fingerprint density at radius 2 is 1.86 bits per heavy atom. The van der Waals surface area contributed by atoms with Gasteiger partial charge in [-0.2, -0.15) is 0 Å². The molecule has 1 aliphatic carbocycles. The predicted molar refractivity (Wildman–Crippen MR) is 111 cm³/mol. The van der Waals surface area contributed by atoms with Crippen molar-refractivity contribution in [3.05, 3.63) is 82.5 Å². The molecule has 1 heterocycles. The Morgan fingerprint density at radius 1 is 1.07 bits per heavy atom. The van der Waals surface area contributed by atoms with Crippen molar-refractivity contribution in [3.8, 4) is 11.5 Å². The number of H-pyrrole nitrogens is 1. The quantitative estimate of drug-likeness (QED) is 0.686. The van der Waals surface area contributed by atoms with Crippen LogP contribution in [0.5, 0.6) is 11.5 Å². The molecule has 0 aliphatic heterocycles. The number of nitrogens with zero attached hydrogens (tertiary/aromatic N) is 1. The highest BCUT2D eigenvalue weighted by Crippen LogP contribution is 2.35. The first-order valence-corrected chi connectivity index (χ1v) is 9.62. The molecular weight excluding hydrogens is 352 g/mol. The van der Waals surface area contributed by atoms with Crippen LogP contribution >= 0.6 is 0 Å². The van der Waals surface area contributed by atoms with Gasteiger partial charge in [-0.3, -0.25) is 4.57 Å². The maximum Gasteiger partial charge on any atom is 0.329 e. The van der Waals surface area contributed by atoms with Gasteiger partial charge in [0.15, 0.2) is 11.5 Å². The van der Waals surface area contributed by atoms with E-state index in [2.05, 4.69) is 4.98 Å². The summed E-state index contributed by atoms with van der Waals surface area (Å²) >= 11 is 0. The Bertz CT molecular complexity index is 1010. The average Bonchev–Trinajstić information content (AvgIpc) is 3.38. The van der Waals surface area contributed by atoms with Crippen molar-refractivity contribution in [1.82, 2.24) is 9.55 Å². The molecule has 3 aromatic rings. The lowest BCUT2D eigenvalue weighted by molar-refractivity contribution is 0.201. The molecule has 0 atom stereocenters. The predicted octanol–water partition coefficient (Wildman–Crippen LogP) is 4.55. The molecule has 5 nitrogen and oxygen atoms in total. The van der Waals surface area contributed by atoms with Crippen LogP contribution in [0, 0.1) is 0 Å². The molecule has 0 unspecified atom stereocenters. The number of ether oxygens (including phenoxy) is 2. The summed E-state index contributed by atoms with van der Waals surface area (Å²) in [5, 5.41) is 0. The summed E-state index contributed by atoms with van der Waals surface area (Å²) in [4.78, 5) is 14.7. The summed E-state index contributed by atoms with van der Waals surface area (Å²) in [6, 6.07) is 16.0. The Morgan fingerprint density at radius 3 is 2.54 bits per heavy atom. The minimum absolute atomic E-state index is 0.177. The molecule has 1 aromatic heterocycles. The lowest BCUT2D eigenvalue weighted by Crippen LogP contribution is -2.12. The van der Waals surface area contributed by atoms with Crippen LogP contribution in [0.4, 0.5) is 0 Å². The van der Waals surface area contributed by atoms with Gasteiger partial charge in [0, 0.05) is 24.2 Å². The number of benzene rings is 2. The van der Waals surface area contributed by atoms with Crippen LogP contribution in [0.3, 0.4) is 0 Å². The molecular formula is C23H24N2O3. The highest BCUT2D eigenvalue weighted by Gasteiger charge is 2.19. The molecule has 1 saturated carbocycles. The van der Waals surface area contributed by atoms with Crippen molar-refractivity contribution in [2.45, 2.75) is 31.8 Å². The first-order chi connectivity index (χ1) is 13.7. The maximum absolute atomic E-state index is 12.0. The molecule has 0 radical (unpaired) electrons. The Hall–Kier alpha value is -3.21. The zero-order valence-electron chi connectivity index (χ0n) is 15.9. The van der Waals surface area contributed by atoms with Gasteiger partial charge >= 0.3 is 5.69 Å². The summed E-state index contributed by atoms with van der Waals surface area (Å²) < 4.78 is 13.3. The van der Waals surface area contributed by atoms with Crippen molar-refractivity contribution in [2.75, 3.05) is 7.11 Å². The van der Waals surface area contributed by atoms with E-state index in [1.165, 1.54) is 12.8 Å². The number of methoxy groups -OCH3 is 1. The van der Waals surface area contributed by atoms with E-state index in [9.17, 15) is 4.79 Å². The first-order valence-electron chi connectivity index (χ1n) is 9.62. The smallest absolute Gasteiger partial charge is 0.329 e. The maximum atomic E-state index is 12.0. The van der Waals surface area contributed by atoms with Crippen molar-refractivity contribution in [3.63, 3.8) is 0 Å². The van der Waals surface area contributed by atoms with E-state index < -0.39 is 0 Å². The fourth-order valence-corrected chi connectivity index (χ4v) is 3.63. The van der Waals surface area contributed by atoms with E-state index in [4.69, 9.17) is 9.47 Å². The zero-order valence-corrected chi connectivity index (χ0v) is 15.9. The second kappa shape index (κ2) is 8.21. The third-order valence-electron chi connectivity index (χ3n) is 5.10. The molecule has 5 heteroatoms. The Kier molecular flexibility index (Phi) is 5.33. The lowest BCUT2D eigenvalue weighted by Gasteiger charge is -2.18. The van der Waals surface area contributed by atoms with Gasteiger partial charge in [0.05, 0.1) is 13.2 Å². The molecule has 28 heavy (non-hydrogen) atoms. The number of rotatable bonds is 6. The summed E-state index contributed by atoms with van der Waals surface area (Å²) in [6.07, 6.45) is 9.99. The van der Waals surface area contributed by atoms with Crippen LogP contribution in [-0.4, -0.2) is 22.8 Å². The molecule has 144 valence electrons. The van der Waals surface area contributed by atoms with Gasteiger partial charge in [0.1, 0.15) is 0 Å². The summed E-state index contributed by atoms with van der Waals surface area (Å²) in [5.41, 5.74) is 2.74. The van der Waals surface area contributed by atoms with Gasteiger partial charge in [-0.25, -0.2) is 4.79 Å². The monoisotopic (exact) mass is 376 g/mol. The second-order valence-corrected chi connectivity index (χ2v) is 6.97. The van der Waals surface area contributed by atoms with Crippen LogP contribution < -0.4 is 15.2 Å². The number of aromatic nitrogens is 2. The topological polar surface area (TPSA) is 56.2 Å². The van der Waals surface area contributed by atoms with Crippen molar-refractivity contribution in [1.29, 1.82) is 0 Å². The van der Waals surface area contributed by atoms with Gasteiger partial charge in [0.25, 0.3) is 0 Å². The van der Waals surface area contributed by atoms with E-state index in [0.29, 0.717) is 0 Å². The number of hydrogen-bond donors (Lipinski definition) is 1. The number of nitrogens with one attached hydrogen (secondary N) is 1. The minimum atomic E-state index is -0.177. The molecule has 2 aromatic carbocycles. The van der Waals surface area contributed by atoms with E-state index in [-0.39, 0.29) is 11.8 Å². The van der Waals surface area contributed by atoms with Crippen molar-refractivity contribution < 1.29 is 9.47 Å². The highest BCUT2D eigenvalue weighted by atomic mass is 16.5. The third-order valence-corrected chi connectivity index (χ3v) is 5.10. The number of aromatic amines is 1. The molecule has 0 spiro atoms. The van der Waals surface area contributed by atoms with E-state index >= 15 is 0 Å². The summed E-state index contributed by atoms with van der Waals surface area (Å²) in [6.45, 7) is 0. The van der Waals surface area contributed by atoms with Crippen LogP contribution in [0.15, 0.2) is 65.7 Å². The number of hydrogen-bond acceptors (Lipinski definition) is 3. The molecule has 4 rings (SSSR count). The van der Waals surface area contributed by atoms with Crippen LogP contribution in [0.1, 0.15) is 36.8 Å². The summed E-state index contributed by atoms with van der Waals surface area (Å²) in [5.74, 6) is 1.47. The van der Waals surface area contributed by atoms with Gasteiger partial charge in [-0.05, 0) is 48.9 Å². The van der Waals surface area contributed by atoms with Gasteiger partial charge < -0.3 is 14.5 Å². The summed E-state index contributed by atoms with van der Waals surface area (Å²) in [7, 11) is 1.66. The van der Waals surface area contributed by atoms with Crippen LogP contribution in [0.2, 0.25) is 0 Å². The third kappa shape index (κ3) is 3.88.